The minimum absolute atomic E-state index is 0.162. The lowest BCUT2D eigenvalue weighted by atomic mass is 10.1. The van der Waals surface area contributed by atoms with E-state index in [1.54, 1.807) is 44.7 Å². The lowest BCUT2D eigenvalue weighted by molar-refractivity contribution is -0.123. The lowest BCUT2D eigenvalue weighted by Gasteiger charge is -2.11. The Morgan fingerprint density at radius 1 is 1.16 bits per heavy atom. The summed E-state index contributed by atoms with van der Waals surface area (Å²) in [5, 5.41) is 8.58. The van der Waals surface area contributed by atoms with Gasteiger partial charge in [0.15, 0.2) is 6.61 Å². The van der Waals surface area contributed by atoms with Crippen LogP contribution in [-0.2, 0) is 11.3 Å². The summed E-state index contributed by atoms with van der Waals surface area (Å²) in [6, 6.07) is 12.7. The van der Waals surface area contributed by atoms with Gasteiger partial charge in [0.05, 0.1) is 42.8 Å². The molecule has 0 spiro atoms. The summed E-state index contributed by atoms with van der Waals surface area (Å²) in [6.45, 7) is 4.34. The molecule has 1 heterocycles. The molecule has 1 N–H and O–H groups in total. The van der Waals surface area contributed by atoms with Gasteiger partial charge in [-0.3, -0.25) is 9.48 Å². The number of carbonyl (C=O) groups is 1. The van der Waals surface area contributed by atoms with Crippen molar-refractivity contribution in [3.05, 3.63) is 69.5 Å². The van der Waals surface area contributed by atoms with Crippen LogP contribution in [0.3, 0.4) is 0 Å². The third kappa shape index (κ3) is 5.88. The molecule has 8 nitrogen and oxygen atoms in total. The second kappa shape index (κ2) is 10.8. The van der Waals surface area contributed by atoms with E-state index in [0.29, 0.717) is 18.0 Å². The van der Waals surface area contributed by atoms with Crippen LogP contribution in [0.4, 0.5) is 0 Å². The molecule has 9 heteroatoms. The summed E-state index contributed by atoms with van der Waals surface area (Å²) in [7, 11) is 3.20. The summed E-state index contributed by atoms with van der Waals surface area (Å²) in [4.78, 5) is 12.0. The van der Waals surface area contributed by atoms with Crippen molar-refractivity contribution in [2.75, 3.05) is 20.8 Å². The summed E-state index contributed by atoms with van der Waals surface area (Å²) >= 11 is 3.55. The minimum Gasteiger partial charge on any atom is -0.497 e. The van der Waals surface area contributed by atoms with E-state index >= 15 is 0 Å². The molecule has 0 aliphatic heterocycles. The van der Waals surface area contributed by atoms with Crippen LogP contribution < -0.4 is 19.6 Å². The molecule has 0 saturated carbocycles. The van der Waals surface area contributed by atoms with Crippen molar-refractivity contribution in [1.82, 2.24) is 15.2 Å². The lowest BCUT2D eigenvalue weighted by Crippen LogP contribution is -2.24. The van der Waals surface area contributed by atoms with Gasteiger partial charge in [-0.2, -0.15) is 10.2 Å². The SMILES string of the molecule is COc1cccc(OCC(=O)NN=Cc2ccc(OC)c(Cn3nc(C)c(Br)c3C)c2)c1. The Balaban J connectivity index is 1.62. The maximum absolute atomic E-state index is 12.0. The topological polar surface area (TPSA) is 87.0 Å². The van der Waals surface area contributed by atoms with E-state index in [1.165, 1.54) is 0 Å². The van der Waals surface area contributed by atoms with E-state index in [2.05, 4.69) is 31.6 Å². The first-order valence-corrected chi connectivity index (χ1v) is 10.7. The highest BCUT2D eigenvalue weighted by atomic mass is 79.9. The van der Waals surface area contributed by atoms with Gasteiger partial charge >= 0.3 is 0 Å². The van der Waals surface area contributed by atoms with Gasteiger partial charge in [-0.05, 0) is 65.7 Å². The van der Waals surface area contributed by atoms with Crippen LogP contribution in [0.25, 0.3) is 0 Å². The number of nitrogens with one attached hydrogen (secondary N) is 1. The van der Waals surface area contributed by atoms with Crippen LogP contribution in [0.1, 0.15) is 22.5 Å². The predicted octanol–water partition coefficient (Wildman–Crippen LogP) is 3.86. The fourth-order valence-corrected chi connectivity index (χ4v) is 3.33. The second-order valence-corrected chi connectivity index (χ2v) is 7.77. The van der Waals surface area contributed by atoms with Crippen LogP contribution >= 0.6 is 15.9 Å². The molecule has 0 saturated heterocycles. The molecule has 0 fully saturated rings. The number of amides is 1. The quantitative estimate of drug-likeness (QED) is 0.356. The highest BCUT2D eigenvalue weighted by Gasteiger charge is 2.12. The van der Waals surface area contributed by atoms with Gasteiger partial charge in [-0.15, -0.1) is 0 Å². The van der Waals surface area contributed by atoms with Crippen molar-refractivity contribution in [2.45, 2.75) is 20.4 Å². The number of benzene rings is 2. The predicted molar refractivity (Wildman–Crippen MR) is 126 cm³/mol. The molecule has 168 valence electrons. The molecular formula is C23H25BrN4O4. The second-order valence-electron chi connectivity index (χ2n) is 6.97. The molecule has 32 heavy (non-hydrogen) atoms. The van der Waals surface area contributed by atoms with Crippen LogP contribution in [0.15, 0.2) is 52.0 Å². The van der Waals surface area contributed by atoms with Gasteiger partial charge in [-0.25, -0.2) is 5.43 Å². The zero-order valence-electron chi connectivity index (χ0n) is 18.4. The average Bonchev–Trinajstić information content (AvgIpc) is 3.04. The standard InChI is InChI=1S/C23H25BrN4O4/c1-15-23(24)16(2)28(27-15)13-18-10-17(8-9-21(18)31-4)12-25-26-22(29)14-32-20-7-5-6-19(11-20)30-3/h5-12H,13-14H2,1-4H3,(H,26,29). The fraction of sp³-hybridized carbons (Fsp3) is 0.261. The Kier molecular flexibility index (Phi) is 7.88. The Bertz CT molecular complexity index is 1130. The van der Waals surface area contributed by atoms with E-state index in [0.717, 1.165) is 32.7 Å². The molecule has 2 aromatic carbocycles. The van der Waals surface area contributed by atoms with Crippen LogP contribution in [0.2, 0.25) is 0 Å². The maximum atomic E-state index is 12.0. The highest BCUT2D eigenvalue weighted by molar-refractivity contribution is 9.10. The first kappa shape index (κ1) is 23.3. The number of hydrogen-bond acceptors (Lipinski definition) is 6. The number of hydrazone groups is 1. The maximum Gasteiger partial charge on any atom is 0.277 e. The van der Waals surface area contributed by atoms with Crippen molar-refractivity contribution in [3.8, 4) is 17.2 Å². The smallest absolute Gasteiger partial charge is 0.277 e. The number of aryl methyl sites for hydroxylation is 1. The molecule has 0 aliphatic rings. The first-order valence-electron chi connectivity index (χ1n) is 9.86. The number of hydrogen-bond donors (Lipinski definition) is 1. The van der Waals surface area contributed by atoms with Crippen molar-refractivity contribution in [2.24, 2.45) is 5.10 Å². The number of halogens is 1. The molecule has 0 radical (unpaired) electrons. The number of nitrogens with zero attached hydrogens (tertiary/aromatic N) is 3. The minimum atomic E-state index is -0.370. The third-order valence-electron chi connectivity index (χ3n) is 4.73. The van der Waals surface area contributed by atoms with E-state index in [-0.39, 0.29) is 12.5 Å². The van der Waals surface area contributed by atoms with E-state index in [4.69, 9.17) is 14.2 Å². The van der Waals surface area contributed by atoms with Crippen molar-refractivity contribution < 1.29 is 19.0 Å². The molecule has 0 atom stereocenters. The van der Waals surface area contributed by atoms with Gasteiger partial charge in [0.1, 0.15) is 17.2 Å². The summed E-state index contributed by atoms with van der Waals surface area (Å²) in [5.74, 6) is 1.58. The monoisotopic (exact) mass is 500 g/mol. The van der Waals surface area contributed by atoms with Crippen molar-refractivity contribution >= 4 is 28.1 Å². The molecule has 0 bridgehead atoms. The molecular weight excluding hydrogens is 476 g/mol. The summed E-state index contributed by atoms with van der Waals surface area (Å²) in [5.41, 5.74) is 6.19. The zero-order chi connectivity index (χ0) is 23.1. The fourth-order valence-electron chi connectivity index (χ4n) is 3.04. The molecule has 1 aromatic heterocycles. The van der Waals surface area contributed by atoms with Crippen molar-refractivity contribution in [1.29, 1.82) is 0 Å². The Hall–Kier alpha value is -3.33. The molecule has 1 amide bonds. The van der Waals surface area contributed by atoms with Crippen LogP contribution in [0.5, 0.6) is 17.2 Å². The molecule has 0 aliphatic carbocycles. The number of carbonyl (C=O) groups excluding carboxylic acids is 1. The molecule has 0 unspecified atom stereocenters. The average molecular weight is 501 g/mol. The summed E-state index contributed by atoms with van der Waals surface area (Å²) in [6.07, 6.45) is 1.57. The van der Waals surface area contributed by atoms with Gasteiger partial charge in [0.25, 0.3) is 5.91 Å². The highest BCUT2D eigenvalue weighted by Crippen LogP contribution is 2.24. The summed E-state index contributed by atoms with van der Waals surface area (Å²) < 4.78 is 19.0. The van der Waals surface area contributed by atoms with Gasteiger partial charge in [-0.1, -0.05) is 6.07 Å². The van der Waals surface area contributed by atoms with Gasteiger partial charge in [0.2, 0.25) is 0 Å². The van der Waals surface area contributed by atoms with Crippen LogP contribution in [-0.4, -0.2) is 42.7 Å². The first-order chi connectivity index (χ1) is 15.4. The Morgan fingerprint density at radius 3 is 2.62 bits per heavy atom. The van der Waals surface area contributed by atoms with Gasteiger partial charge < -0.3 is 14.2 Å². The van der Waals surface area contributed by atoms with E-state index in [9.17, 15) is 4.79 Å². The number of ether oxygens (including phenoxy) is 3. The Labute approximate surface area is 195 Å². The number of rotatable bonds is 9. The molecule has 3 aromatic rings. The van der Waals surface area contributed by atoms with E-state index < -0.39 is 0 Å². The molecule has 3 rings (SSSR count). The number of methoxy groups -OCH3 is 2. The largest absolute Gasteiger partial charge is 0.497 e. The zero-order valence-corrected chi connectivity index (χ0v) is 20.0. The van der Waals surface area contributed by atoms with Crippen LogP contribution in [0, 0.1) is 13.8 Å². The van der Waals surface area contributed by atoms with E-state index in [1.807, 2.05) is 36.7 Å². The Morgan fingerprint density at radius 2 is 1.94 bits per heavy atom. The third-order valence-corrected chi connectivity index (χ3v) is 5.88. The van der Waals surface area contributed by atoms with Gasteiger partial charge in [0, 0.05) is 11.6 Å². The normalized spacial score (nSPS) is 10.9. The number of aromatic nitrogens is 2. The van der Waals surface area contributed by atoms with Crippen molar-refractivity contribution in [3.63, 3.8) is 0 Å².